The molecule has 1 fully saturated rings. The van der Waals surface area contributed by atoms with Crippen molar-refractivity contribution in [3.05, 3.63) is 23.8 Å². The zero-order chi connectivity index (χ0) is 12.9. The van der Waals surface area contributed by atoms with Gasteiger partial charge in [0, 0.05) is 11.3 Å². The standard InChI is InChI=1S/C16H22O/c1-5-8-13(2)9-6-7-10-14-11-12-16(3,4)15(14)17/h1,6,8-9,14H,7,10-12H2,2-4H3/b9-6-,13-8-. The van der Waals surface area contributed by atoms with Gasteiger partial charge in [0.2, 0.25) is 0 Å². The smallest absolute Gasteiger partial charge is 0.141 e. The number of carbonyl (C=O) groups excluding carboxylic acids is 1. The van der Waals surface area contributed by atoms with E-state index < -0.39 is 0 Å². The average molecular weight is 230 g/mol. The molecule has 0 aromatic heterocycles. The second-order valence-electron chi connectivity index (χ2n) is 5.52. The molecule has 1 aliphatic carbocycles. The highest BCUT2D eigenvalue weighted by molar-refractivity contribution is 5.88. The highest BCUT2D eigenvalue weighted by Gasteiger charge is 2.39. The van der Waals surface area contributed by atoms with Crippen molar-refractivity contribution >= 4 is 5.78 Å². The van der Waals surface area contributed by atoms with E-state index in [2.05, 4.69) is 25.8 Å². The SMILES string of the molecule is C#C/C=C(C)\C=C/CCC1CCC(C)(C)C1=O. The molecule has 1 nitrogen and oxygen atoms in total. The van der Waals surface area contributed by atoms with Crippen LogP contribution in [-0.2, 0) is 4.79 Å². The van der Waals surface area contributed by atoms with Crippen LogP contribution in [0.15, 0.2) is 23.8 Å². The first-order valence-corrected chi connectivity index (χ1v) is 6.31. The highest BCUT2D eigenvalue weighted by atomic mass is 16.1. The van der Waals surface area contributed by atoms with E-state index in [1.807, 2.05) is 13.0 Å². The van der Waals surface area contributed by atoms with E-state index in [9.17, 15) is 4.79 Å². The van der Waals surface area contributed by atoms with Crippen LogP contribution in [0.5, 0.6) is 0 Å². The molecule has 0 saturated heterocycles. The van der Waals surface area contributed by atoms with Gasteiger partial charge in [-0.3, -0.25) is 4.79 Å². The molecule has 0 aromatic carbocycles. The minimum atomic E-state index is -0.0896. The topological polar surface area (TPSA) is 17.1 Å². The van der Waals surface area contributed by atoms with Gasteiger partial charge in [0.1, 0.15) is 5.78 Å². The Kier molecular flexibility index (Phi) is 4.75. The van der Waals surface area contributed by atoms with Crippen LogP contribution in [0.1, 0.15) is 46.5 Å². The number of ketones is 1. The Morgan fingerprint density at radius 1 is 1.59 bits per heavy atom. The van der Waals surface area contributed by atoms with Crippen LogP contribution in [0.3, 0.4) is 0 Å². The van der Waals surface area contributed by atoms with Crippen molar-refractivity contribution < 1.29 is 4.79 Å². The quantitative estimate of drug-likeness (QED) is 0.528. The van der Waals surface area contributed by atoms with Gasteiger partial charge in [0.15, 0.2) is 0 Å². The van der Waals surface area contributed by atoms with Crippen molar-refractivity contribution in [3.8, 4) is 12.3 Å². The van der Waals surface area contributed by atoms with Gasteiger partial charge in [-0.2, -0.15) is 0 Å². The summed E-state index contributed by atoms with van der Waals surface area (Å²) in [5, 5.41) is 0. The number of hydrogen-bond donors (Lipinski definition) is 0. The predicted molar refractivity (Wildman–Crippen MR) is 72.5 cm³/mol. The maximum atomic E-state index is 12.0. The molecule has 0 aliphatic heterocycles. The number of Topliss-reactive ketones (excluding diaryl/α,β-unsaturated/α-hetero) is 1. The van der Waals surface area contributed by atoms with Crippen molar-refractivity contribution in [3.63, 3.8) is 0 Å². The first kappa shape index (κ1) is 13.8. The maximum Gasteiger partial charge on any atom is 0.141 e. The van der Waals surface area contributed by atoms with E-state index in [0.717, 1.165) is 31.3 Å². The minimum Gasteiger partial charge on any atom is -0.299 e. The fourth-order valence-electron chi connectivity index (χ4n) is 2.36. The predicted octanol–water partition coefficient (Wildman–Crippen LogP) is 3.91. The van der Waals surface area contributed by atoms with Crippen molar-refractivity contribution in [1.29, 1.82) is 0 Å². The molecule has 0 spiro atoms. The lowest BCUT2D eigenvalue weighted by Crippen LogP contribution is -2.21. The second kappa shape index (κ2) is 5.87. The van der Waals surface area contributed by atoms with E-state index in [1.54, 1.807) is 6.08 Å². The highest BCUT2D eigenvalue weighted by Crippen LogP contribution is 2.39. The molecule has 17 heavy (non-hydrogen) atoms. The summed E-state index contributed by atoms with van der Waals surface area (Å²) in [7, 11) is 0. The summed E-state index contributed by atoms with van der Waals surface area (Å²) in [6.45, 7) is 6.11. The molecule has 1 saturated carbocycles. The van der Waals surface area contributed by atoms with Crippen LogP contribution in [0.4, 0.5) is 0 Å². The molecule has 1 atom stereocenters. The number of carbonyl (C=O) groups is 1. The van der Waals surface area contributed by atoms with Crippen molar-refractivity contribution in [2.24, 2.45) is 11.3 Å². The zero-order valence-corrected chi connectivity index (χ0v) is 11.1. The summed E-state index contributed by atoms with van der Waals surface area (Å²) in [4.78, 5) is 12.0. The Hall–Kier alpha value is -1.29. The van der Waals surface area contributed by atoms with Gasteiger partial charge in [0.25, 0.3) is 0 Å². The van der Waals surface area contributed by atoms with Crippen LogP contribution in [0.2, 0.25) is 0 Å². The maximum absolute atomic E-state index is 12.0. The number of hydrogen-bond acceptors (Lipinski definition) is 1. The van der Waals surface area contributed by atoms with Crippen LogP contribution >= 0.6 is 0 Å². The largest absolute Gasteiger partial charge is 0.299 e. The van der Waals surface area contributed by atoms with Crippen molar-refractivity contribution in [2.75, 3.05) is 0 Å². The van der Waals surface area contributed by atoms with Gasteiger partial charge in [-0.15, -0.1) is 6.42 Å². The molecule has 1 heteroatoms. The van der Waals surface area contributed by atoms with Crippen LogP contribution in [-0.4, -0.2) is 5.78 Å². The van der Waals surface area contributed by atoms with Crippen molar-refractivity contribution in [1.82, 2.24) is 0 Å². The van der Waals surface area contributed by atoms with Gasteiger partial charge >= 0.3 is 0 Å². The zero-order valence-electron chi connectivity index (χ0n) is 11.1. The number of rotatable bonds is 4. The molecule has 0 amide bonds. The third-order valence-corrected chi connectivity index (χ3v) is 3.53. The molecule has 0 aromatic rings. The summed E-state index contributed by atoms with van der Waals surface area (Å²) in [5.74, 6) is 3.22. The average Bonchev–Trinajstić information content (AvgIpc) is 2.51. The molecule has 0 heterocycles. The molecule has 0 bridgehead atoms. The monoisotopic (exact) mass is 230 g/mol. The molecule has 0 N–H and O–H groups in total. The molecule has 92 valence electrons. The third-order valence-electron chi connectivity index (χ3n) is 3.53. The lowest BCUT2D eigenvalue weighted by molar-refractivity contribution is -0.127. The van der Waals surface area contributed by atoms with E-state index in [-0.39, 0.29) is 11.3 Å². The van der Waals surface area contributed by atoms with E-state index >= 15 is 0 Å². The van der Waals surface area contributed by atoms with Crippen molar-refractivity contribution in [2.45, 2.75) is 46.5 Å². The summed E-state index contributed by atoms with van der Waals surface area (Å²) in [5.41, 5.74) is 0.999. The summed E-state index contributed by atoms with van der Waals surface area (Å²) in [6.07, 6.45) is 15.1. The van der Waals surface area contributed by atoms with Gasteiger partial charge in [-0.05, 0) is 44.3 Å². The molecule has 1 rings (SSSR count). The fraction of sp³-hybridized carbons (Fsp3) is 0.562. The van der Waals surface area contributed by atoms with E-state index in [0.29, 0.717) is 5.78 Å². The number of terminal acetylenes is 1. The van der Waals surface area contributed by atoms with Crippen LogP contribution in [0, 0.1) is 23.7 Å². The molecular weight excluding hydrogens is 208 g/mol. The summed E-state index contributed by atoms with van der Waals surface area (Å²) >= 11 is 0. The summed E-state index contributed by atoms with van der Waals surface area (Å²) in [6, 6.07) is 0. The lowest BCUT2D eigenvalue weighted by atomic mass is 9.88. The first-order valence-electron chi connectivity index (χ1n) is 6.31. The second-order valence-corrected chi connectivity index (χ2v) is 5.52. The molecule has 1 unspecified atom stereocenters. The van der Waals surface area contributed by atoms with E-state index in [4.69, 9.17) is 6.42 Å². The Balaban J connectivity index is 2.37. The van der Waals surface area contributed by atoms with Gasteiger partial charge in [0.05, 0.1) is 0 Å². The minimum absolute atomic E-state index is 0.0896. The van der Waals surface area contributed by atoms with Crippen LogP contribution in [0.25, 0.3) is 0 Å². The lowest BCUT2D eigenvalue weighted by Gasteiger charge is -2.15. The van der Waals surface area contributed by atoms with Gasteiger partial charge in [-0.1, -0.05) is 31.9 Å². The molecular formula is C16H22O. The first-order chi connectivity index (χ1) is 7.97. The van der Waals surface area contributed by atoms with Crippen LogP contribution < -0.4 is 0 Å². The third kappa shape index (κ3) is 3.89. The Bertz CT molecular complexity index is 377. The van der Waals surface area contributed by atoms with Gasteiger partial charge in [-0.25, -0.2) is 0 Å². The fourth-order valence-corrected chi connectivity index (χ4v) is 2.36. The molecule has 0 radical (unpaired) electrons. The summed E-state index contributed by atoms with van der Waals surface area (Å²) < 4.78 is 0. The molecule has 1 aliphatic rings. The van der Waals surface area contributed by atoms with E-state index in [1.165, 1.54) is 0 Å². The normalized spacial score (nSPS) is 24.2. The Morgan fingerprint density at radius 3 is 2.82 bits per heavy atom. The number of allylic oxidation sites excluding steroid dienone is 4. The Labute approximate surface area is 105 Å². The van der Waals surface area contributed by atoms with Gasteiger partial charge < -0.3 is 0 Å². The Morgan fingerprint density at radius 2 is 2.29 bits per heavy atom.